The number of nitrogens with one attached hydrogen (secondary N) is 1. The second-order valence-electron chi connectivity index (χ2n) is 7.42. The number of carbonyl (C=O) groups excluding carboxylic acids is 1. The van der Waals surface area contributed by atoms with Crippen molar-refractivity contribution in [2.75, 3.05) is 18.8 Å². The minimum atomic E-state index is -3.90. The van der Waals surface area contributed by atoms with Crippen LogP contribution in [0.15, 0.2) is 42.5 Å². The SMILES string of the molecule is CN(C)S(=O)(=O)Nc1cccc(Oc2c(F)c(F)c(F)c(Cc3ccc(I)cc3F)c2C(N)=O)c1. The topological polar surface area (TPSA) is 102 Å². The van der Waals surface area contributed by atoms with E-state index in [-0.39, 0.29) is 17.0 Å². The number of halogens is 5. The lowest BCUT2D eigenvalue weighted by Crippen LogP contribution is -2.28. The summed E-state index contributed by atoms with van der Waals surface area (Å²) in [6.45, 7) is 0. The molecule has 0 radical (unpaired) electrons. The summed E-state index contributed by atoms with van der Waals surface area (Å²) in [5.74, 6) is -8.83. The Hall–Kier alpha value is -2.91. The molecule has 35 heavy (non-hydrogen) atoms. The number of primary amides is 1. The maximum absolute atomic E-state index is 14.8. The Kier molecular flexibility index (Phi) is 7.91. The normalized spacial score (nSPS) is 11.5. The van der Waals surface area contributed by atoms with Crippen LogP contribution < -0.4 is 15.2 Å². The van der Waals surface area contributed by atoms with Gasteiger partial charge in [-0.2, -0.15) is 17.1 Å². The van der Waals surface area contributed by atoms with Crippen molar-refractivity contribution in [1.82, 2.24) is 4.31 Å². The van der Waals surface area contributed by atoms with Gasteiger partial charge < -0.3 is 10.5 Å². The molecule has 3 aromatic rings. The number of hydrogen-bond donors (Lipinski definition) is 2. The molecule has 0 heterocycles. The number of anilines is 1. The summed E-state index contributed by atoms with van der Waals surface area (Å²) < 4.78 is 91.5. The zero-order chi connectivity index (χ0) is 26.1. The van der Waals surface area contributed by atoms with Crippen LogP contribution in [0.1, 0.15) is 21.5 Å². The van der Waals surface area contributed by atoms with Gasteiger partial charge in [-0.05, 0) is 52.4 Å². The van der Waals surface area contributed by atoms with Crippen molar-refractivity contribution in [2.24, 2.45) is 5.73 Å². The van der Waals surface area contributed by atoms with Crippen molar-refractivity contribution in [2.45, 2.75) is 6.42 Å². The molecule has 0 spiro atoms. The van der Waals surface area contributed by atoms with E-state index in [1.807, 2.05) is 22.6 Å². The lowest BCUT2D eigenvalue weighted by Gasteiger charge is -2.17. The Bertz CT molecular complexity index is 1420. The van der Waals surface area contributed by atoms with E-state index in [1.54, 1.807) is 0 Å². The maximum Gasteiger partial charge on any atom is 0.301 e. The molecule has 0 aliphatic heterocycles. The molecule has 3 N–H and O–H groups in total. The van der Waals surface area contributed by atoms with Crippen molar-refractivity contribution >= 4 is 44.4 Å². The highest BCUT2D eigenvalue weighted by Crippen LogP contribution is 2.36. The van der Waals surface area contributed by atoms with E-state index in [2.05, 4.69) is 4.72 Å². The van der Waals surface area contributed by atoms with E-state index in [0.717, 1.165) is 16.4 Å². The molecule has 13 heteroatoms. The lowest BCUT2D eigenvalue weighted by molar-refractivity contribution is 0.0995. The summed E-state index contributed by atoms with van der Waals surface area (Å²) in [7, 11) is -1.32. The fraction of sp³-hybridized carbons (Fsp3) is 0.136. The average molecular weight is 623 g/mol. The fourth-order valence-corrected chi connectivity index (χ4v) is 4.10. The number of amides is 1. The largest absolute Gasteiger partial charge is 0.453 e. The summed E-state index contributed by atoms with van der Waals surface area (Å²) in [5, 5.41) is 0. The van der Waals surface area contributed by atoms with Gasteiger partial charge in [0.25, 0.3) is 5.91 Å². The molecule has 0 saturated carbocycles. The minimum Gasteiger partial charge on any atom is -0.453 e. The van der Waals surface area contributed by atoms with Crippen LogP contribution in [-0.2, 0) is 16.6 Å². The van der Waals surface area contributed by atoms with Gasteiger partial charge in [-0.15, -0.1) is 0 Å². The van der Waals surface area contributed by atoms with Gasteiger partial charge in [-0.1, -0.05) is 12.1 Å². The molecule has 1 amide bonds. The summed E-state index contributed by atoms with van der Waals surface area (Å²) in [6.07, 6.45) is -0.622. The van der Waals surface area contributed by atoms with Gasteiger partial charge >= 0.3 is 10.2 Å². The molecule has 0 aliphatic rings. The van der Waals surface area contributed by atoms with Crippen molar-refractivity contribution in [1.29, 1.82) is 0 Å². The second-order valence-corrected chi connectivity index (χ2v) is 10.6. The van der Waals surface area contributed by atoms with Crippen LogP contribution in [0, 0.1) is 26.8 Å². The molecule has 7 nitrogen and oxygen atoms in total. The van der Waals surface area contributed by atoms with Crippen LogP contribution in [0.5, 0.6) is 11.5 Å². The third-order valence-electron chi connectivity index (χ3n) is 4.79. The van der Waals surface area contributed by atoms with E-state index >= 15 is 0 Å². The number of nitrogens with zero attached hydrogens (tertiary/aromatic N) is 1. The van der Waals surface area contributed by atoms with Crippen LogP contribution in [0.2, 0.25) is 0 Å². The molecular weight excluding hydrogens is 605 g/mol. The molecule has 186 valence electrons. The second kappa shape index (κ2) is 10.4. The van der Waals surface area contributed by atoms with Gasteiger partial charge in [0.1, 0.15) is 11.6 Å². The Morgan fingerprint density at radius 2 is 1.74 bits per heavy atom. The third kappa shape index (κ3) is 5.85. The van der Waals surface area contributed by atoms with Gasteiger partial charge in [0.15, 0.2) is 17.4 Å². The van der Waals surface area contributed by atoms with Gasteiger partial charge in [-0.25, -0.2) is 13.2 Å². The zero-order valence-electron chi connectivity index (χ0n) is 18.2. The molecular formula is C22H18F4IN3O4S. The number of ether oxygens (including phenoxy) is 1. The van der Waals surface area contributed by atoms with Crippen LogP contribution in [0.4, 0.5) is 23.2 Å². The number of nitrogens with two attached hydrogens (primary N) is 1. The fourth-order valence-electron chi connectivity index (χ4n) is 3.04. The quantitative estimate of drug-likeness (QED) is 0.219. The predicted molar refractivity (Wildman–Crippen MR) is 130 cm³/mol. The minimum absolute atomic E-state index is 0.000926. The Balaban J connectivity index is 2.11. The number of carbonyl (C=O) groups is 1. The summed E-state index contributed by atoms with van der Waals surface area (Å²) in [6, 6.07) is 9.06. The summed E-state index contributed by atoms with van der Waals surface area (Å²) >= 11 is 1.86. The van der Waals surface area contributed by atoms with E-state index < -0.39 is 62.7 Å². The summed E-state index contributed by atoms with van der Waals surface area (Å²) in [4.78, 5) is 12.2. The molecule has 0 atom stereocenters. The first kappa shape index (κ1) is 26.7. The first-order valence-electron chi connectivity index (χ1n) is 9.73. The smallest absolute Gasteiger partial charge is 0.301 e. The van der Waals surface area contributed by atoms with Crippen LogP contribution >= 0.6 is 22.6 Å². The first-order chi connectivity index (χ1) is 16.3. The molecule has 0 aliphatic carbocycles. The zero-order valence-corrected chi connectivity index (χ0v) is 21.2. The van der Waals surface area contributed by atoms with E-state index in [0.29, 0.717) is 3.57 Å². The predicted octanol–water partition coefficient (Wildman–Crippen LogP) is 4.55. The van der Waals surface area contributed by atoms with Gasteiger partial charge in [0.05, 0.1) is 11.3 Å². The molecule has 3 aromatic carbocycles. The first-order valence-corrected chi connectivity index (χ1v) is 12.2. The monoisotopic (exact) mass is 623 g/mol. The maximum atomic E-state index is 14.8. The molecule has 0 unspecified atom stereocenters. The third-order valence-corrected chi connectivity index (χ3v) is 6.91. The molecule has 3 rings (SSSR count). The van der Waals surface area contributed by atoms with Crippen LogP contribution in [-0.4, -0.2) is 32.7 Å². The van der Waals surface area contributed by atoms with Crippen molar-refractivity contribution in [3.05, 3.63) is 86.0 Å². The van der Waals surface area contributed by atoms with Crippen molar-refractivity contribution in [3.63, 3.8) is 0 Å². The highest BCUT2D eigenvalue weighted by atomic mass is 127. The summed E-state index contributed by atoms with van der Waals surface area (Å²) in [5.41, 5.74) is 3.74. The van der Waals surface area contributed by atoms with Gasteiger partial charge in [0.2, 0.25) is 5.82 Å². The van der Waals surface area contributed by atoms with E-state index in [4.69, 9.17) is 10.5 Å². The Morgan fingerprint density at radius 3 is 2.34 bits per heavy atom. The van der Waals surface area contributed by atoms with Gasteiger partial charge in [-0.3, -0.25) is 9.52 Å². The van der Waals surface area contributed by atoms with Crippen LogP contribution in [0.25, 0.3) is 0 Å². The van der Waals surface area contributed by atoms with Crippen molar-refractivity contribution < 1.29 is 35.5 Å². The highest BCUT2D eigenvalue weighted by molar-refractivity contribution is 14.1. The number of rotatable bonds is 8. The molecule has 0 bridgehead atoms. The molecule has 0 fully saturated rings. The average Bonchev–Trinajstić information content (AvgIpc) is 2.76. The molecule has 0 aromatic heterocycles. The van der Waals surface area contributed by atoms with Crippen LogP contribution in [0.3, 0.4) is 0 Å². The van der Waals surface area contributed by atoms with E-state index in [9.17, 15) is 30.8 Å². The van der Waals surface area contributed by atoms with Crippen molar-refractivity contribution in [3.8, 4) is 11.5 Å². The Morgan fingerprint density at radius 1 is 1.06 bits per heavy atom. The Labute approximate surface area is 212 Å². The van der Waals surface area contributed by atoms with E-state index in [1.165, 1.54) is 44.4 Å². The standard InChI is InChI=1S/C22H18F4IN3O4S/c1-30(2)35(32,33)29-13-4-3-5-14(10-13)34-21-17(22(28)31)15(18(24)19(25)20(21)26)8-11-6-7-12(27)9-16(11)23/h3-7,9-10,29H,8H2,1-2H3,(H2,28,31). The number of benzene rings is 3. The highest BCUT2D eigenvalue weighted by Gasteiger charge is 2.30. The number of hydrogen-bond acceptors (Lipinski definition) is 4. The lowest BCUT2D eigenvalue weighted by atomic mass is 9.96. The molecule has 0 saturated heterocycles. The van der Waals surface area contributed by atoms with Gasteiger partial charge in [0, 0.05) is 35.7 Å².